The Morgan fingerprint density at radius 2 is 0.650 bits per heavy atom. The van der Waals surface area contributed by atoms with E-state index in [1.165, 1.54) is 0 Å². The molecule has 0 saturated carbocycles. The monoisotopic (exact) mass is 536 g/mol. The van der Waals surface area contributed by atoms with E-state index >= 15 is 0 Å². The fraction of sp³-hybridized carbons (Fsp3) is 0.0769. The van der Waals surface area contributed by atoms with E-state index in [2.05, 4.69) is 51.2 Å². The molecule has 0 aliphatic heterocycles. The predicted molar refractivity (Wildman–Crippen MR) is 157 cm³/mol. The van der Waals surface area contributed by atoms with Crippen LogP contribution in [-0.4, -0.2) is 29.9 Å². The first-order chi connectivity index (χ1) is 19.4. The molecule has 2 heterocycles. The Balaban J connectivity index is 1.24. The molecule has 5 aromatic rings. The molecule has 5 rings (SSSR count). The molecule has 40 heavy (non-hydrogen) atoms. The van der Waals surface area contributed by atoms with Crippen molar-refractivity contribution in [2.24, 2.45) is 11.5 Å². The lowest BCUT2D eigenvalue weighted by Crippen LogP contribution is -2.08. The lowest BCUT2D eigenvalue weighted by atomic mass is 10.2. The van der Waals surface area contributed by atoms with Crippen LogP contribution in [0.15, 0.2) is 72.8 Å². The van der Waals surface area contributed by atoms with Gasteiger partial charge in [0, 0.05) is 35.8 Å². The summed E-state index contributed by atoms with van der Waals surface area (Å²) in [6.45, 7) is 0.933. The highest BCUT2D eigenvalue weighted by molar-refractivity contribution is 5.64. The fourth-order valence-corrected chi connectivity index (χ4v) is 3.61. The standard InChI is InChI=1S/C26H28N14/c27-13-15-1-5-17(6-2-15)31-23-35-21(29)37-25(39-23)33-19-9-11-20(12-10-19)34-26-38-22(30)36-24(40-26)32-18-7-3-16(14-28)4-8-18/h1-12H,13-14,27-28H2,(H4,29,31,33,35,37,39)(H4,30,32,34,36,38,40). The summed E-state index contributed by atoms with van der Waals surface area (Å²) >= 11 is 0. The predicted octanol–water partition coefficient (Wildman–Crippen LogP) is 3.11. The van der Waals surface area contributed by atoms with Crippen molar-refractivity contribution in [3.05, 3.63) is 83.9 Å². The molecule has 14 heteroatoms. The van der Waals surface area contributed by atoms with Gasteiger partial charge >= 0.3 is 0 Å². The van der Waals surface area contributed by atoms with Crippen molar-refractivity contribution in [2.45, 2.75) is 13.1 Å². The zero-order chi connectivity index (χ0) is 27.9. The Bertz CT molecular complexity index is 1450. The molecule has 0 radical (unpaired) electrons. The molecule has 0 fully saturated rings. The zero-order valence-electron chi connectivity index (χ0n) is 21.3. The van der Waals surface area contributed by atoms with Gasteiger partial charge in [0.25, 0.3) is 0 Å². The van der Waals surface area contributed by atoms with Crippen molar-refractivity contribution in [2.75, 3.05) is 32.7 Å². The van der Waals surface area contributed by atoms with E-state index in [0.29, 0.717) is 25.0 Å². The van der Waals surface area contributed by atoms with Crippen LogP contribution < -0.4 is 44.2 Å². The van der Waals surface area contributed by atoms with Gasteiger partial charge in [0.1, 0.15) is 0 Å². The molecule has 14 nitrogen and oxygen atoms in total. The van der Waals surface area contributed by atoms with Crippen LogP contribution in [0, 0.1) is 0 Å². The van der Waals surface area contributed by atoms with Crippen molar-refractivity contribution >= 4 is 58.4 Å². The van der Waals surface area contributed by atoms with E-state index in [9.17, 15) is 0 Å². The van der Waals surface area contributed by atoms with Crippen molar-refractivity contribution < 1.29 is 0 Å². The molecule has 0 amide bonds. The van der Waals surface area contributed by atoms with Crippen LogP contribution in [0.25, 0.3) is 0 Å². The van der Waals surface area contributed by atoms with Crippen molar-refractivity contribution in [3.63, 3.8) is 0 Å². The van der Waals surface area contributed by atoms with Gasteiger partial charge in [-0.05, 0) is 59.7 Å². The number of nitrogens with zero attached hydrogens (tertiary/aromatic N) is 6. The minimum absolute atomic E-state index is 0.0732. The summed E-state index contributed by atoms with van der Waals surface area (Å²) in [7, 11) is 0. The quantitative estimate of drug-likeness (QED) is 0.128. The van der Waals surface area contributed by atoms with Gasteiger partial charge in [-0.2, -0.15) is 29.9 Å². The number of nitrogens with one attached hydrogen (secondary N) is 4. The third-order valence-electron chi connectivity index (χ3n) is 5.59. The third kappa shape index (κ3) is 6.83. The molecular formula is C26H28N14. The van der Waals surface area contributed by atoms with Gasteiger partial charge in [-0.1, -0.05) is 24.3 Å². The first kappa shape index (κ1) is 26.0. The van der Waals surface area contributed by atoms with Gasteiger partial charge in [-0.3, -0.25) is 0 Å². The fourth-order valence-electron chi connectivity index (χ4n) is 3.61. The Hall–Kier alpha value is -5.60. The first-order valence-electron chi connectivity index (χ1n) is 12.2. The number of nitrogen functional groups attached to an aromatic ring is 2. The van der Waals surface area contributed by atoms with Gasteiger partial charge in [0.15, 0.2) is 0 Å². The van der Waals surface area contributed by atoms with Crippen LogP contribution in [0.2, 0.25) is 0 Å². The molecule has 0 bridgehead atoms. The summed E-state index contributed by atoms with van der Waals surface area (Å²) in [5, 5.41) is 12.5. The van der Waals surface area contributed by atoms with Crippen molar-refractivity contribution in [1.29, 1.82) is 0 Å². The maximum Gasteiger partial charge on any atom is 0.233 e. The molecule has 0 atom stereocenters. The Morgan fingerprint density at radius 3 is 0.900 bits per heavy atom. The average Bonchev–Trinajstić information content (AvgIpc) is 2.94. The van der Waals surface area contributed by atoms with E-state index < -0.39 is 0 Å². The maximum atomic E-state index is 5.90. The minimum atomic E-state index is 0.0732. The second-order valence-corrected chi connectivity index (χ2v) is 8.56. The van der Waals surface area contributed by atoms with Crippen LogP contribution in [0.4, 0.5) is 58.4 Å². The zero-order valence-corrected chi connectivity index (χ0v) is 21.3. The highest BCUT2D eigenvalue weighted by Gasteiger charge is 2.08. The SMILES string of the molecule is NCc1ccc(Nc2nc(N)nc(Nc3ccc(Nc4nc(N)nc(Nc5ccc(CN)cc5)n4)cc3)n2)cc1. The summed E-state index contributed by atoms with van der Waals surface area (Å²) < 4.78 is 0. The second-order valence-electron chi connectivity index (χ2n) is 8.56. The number of nitrogens with two attached hydrogens (primary N) is 4. The number of aromatic nitrogens is 6. The number of rotatable bonds is 10. The van der Waals surface area contributed by atoms with Crippen LogP contribution in [0.1, 0.15) is 11.1 Å². The van der Waals surface area contributed by atoms with E-state index in [1.807, 2.05) is 72.8 Å². The lowest BCUT2D eigenvalue weighted by Gasteiger charge is -2.11. The molecule has 12 N–H and O–H groups in total. The summed E-state index contributed by atoms with van der Waals surface area (Å²) in [4.78, 5) is 25.4. The Morgan fingerprint density at radius 1 is 0.400 bits per heavy atom. The van der Waals surface area contributed by atoms with E-state index in [0.717, 1.165) is 33.9 Å². The molecule has 0 aliphatic carbocycles. The second kappa shape index (κ2) is 11.8. The summed E-state index contributed by atoms with van der Waals surface area (Å²) in [6, 6.07) is 22.6. The molecule has 202 valence electrons. The topological polar surface area (TPSA) is 230 Å². The van der Waals surface area contributed by atoms with E-state index in [1.54, 1.807) is 0 Å². The Labute approximate surface area is 229 Å². The lowest BCUT2D eigenvalue weighted by molar-refractivity contribution is 1.06. The highest BCUT2D eigenvalue weighted by Crippen LogP contribution is 2.22. The van der Waals surface area contributed by atoms with Crippen LogP contribution in [-0.2, 0) is 13.1 Å². The smallest absolute Gasteiger partial charge is 0.233 e. The average molecular weight is 537 g/mol. The van der Waals surface area contributed by atoms with E-state index in [4.69, 9.17) is 22.9 Å². The molecule has 2 aromatic heterocycles. The largest absolute Gasteiger partial charge is 0.368 e. The van der Waals surface area contributed by atoms with Gasteiger partial charge in [0.2, 0.25) is 35.7 Å². The van der Waals surface area contributed by atoms with Crippen molar-refractivity contribution in [1.82, 2.24) is 29.9 Å². The summed E-state index contributed by atoms with van der Waals surface area (Å²) in [6.07, 6.45) is 0. The summed E-state index contributed by atoms with van der Waals surface area (Å²) in [5.74, 6) is 1.33. The third-order valence-corrected chi connectivity index (χ3v) is 5.59. The molecule has 0 spiro atoms. The van der Waals surface area contributed by atoms with E-state index in [-0.39, 0.29) is 23.8 Å². The van der Waals surface area contributed by atoms with Gasteiger partial charge < -0.3 is 44.2 Å². The molecule has 0 unspecified atom stereocenters. The number of hydrogen-bond acceptors (Lipinski definition) is 14. The van der Waals surface area contributed by atoms with Crippen LogP contribution in [0.3, 0.4) is 0 Å². The highest BCUT2D eigenvalue weighted by atomic mass is 15.3. The molecule has 0 aliphatic rings. The van der Waals surface area contributed by atoms with Gasteiger partial charge in [-0.25, -0.2) is 0 Å². The Kier molecular flexibility index (Phi) is 7.71. The number of anilines is 10. The van der Waals surface area contributed by atoms with Crippen molar-refractivity contribution in [3.8, 4) is 0 Å². The maximum absolute atomic E-state index is 5.90. The normalized spacial score (nSPS) is 10.7. The minimum Gasteiger partial charge on any atom is -0.368 e. The van der Waals surface area contributed by atoms with Gasteiger partial charge in [-0.15, -0.1) is 0 Å². The van der Waals surface area contributed by atoms with Crippen LogP contribution >= 0.6 is 0 Å². The van der Waals surface area contributed by atoms with Gasteiger partial charge in [0.05, 0.1) is 0 Å². The number of benzene rings is 3. The first-order valence-corrected chi connectivity index (χ1v) is 12.2. The molecule has 3 aromatic carbocycles. The number of hydrogen-bond donors (Lipinski definition) is 8. The molecule has 0 saturated heterocycles. The summed E-state index contributed by atoms with van der Waals surface area (Å²) in [5.41, 5.74) is 28.2. The van der Waals surface area contributed by atoms with Crippen LogP contribution in [0.5, 0.6) is 0 Å². The molecular weight excluding hydrogens is 508 g/mol.